The topological polar surface area (TPSA) is 41.4 Å². The molecule has 5 nitrogen and oxygen atoms in total. The Labute approximate surface area is 173 Å². The summed E-state index contributed by atoms with van der Waals surface area (Å²) < 4.78 is 29.4. The van der Waals surface area contributed by atoms with Crippen LogP contribution < -0.4 is 5.56 Å². The zero-order valence-corrected chi connectivity index (χ0v) is 17.2. The number of hydrogen-bond acceptors (Lipinski definition) is 5. The van der Waals surface area contributed by atoms with Crippen molar-refractivity contribution in [2.75, 3.05) is 26.2 Å². The molecule has 5 rings (SSSR count). The van der Waals surface area contributed by atoms with Gasteiger partial charge in [-0.2, -0.15) is 0 Å². The number of thiazole rings is 1. The number of rotatable bonds is 4. The lowest BCUT2D eigenvalue weighted by atomic mass is 9.83. The summed E-state index contributed by atoms with van der Waals surface area (Å²) in [7, 11) is 0. The van der Waals surface area contributed by atoms with Crippen molar-refractivity contribution in [1.82, 2.24) is 19.4 Å². The Hall–Kier alpha value is -1.64. The van der Waals surface area contributed by atoms with Gasteiger partial charge in [0, 0.05) is 61.7 Å². The molecule has 3 aliphatic heterocycles. The highest BCUT2D eigenvalue weighted by Crippen LogP contribution is 2.36. The predicted molar refractivity (Wildman–Crippen MR) is 108 cm³/mol. The van der Waals surface area contributed by atoms with Crippen molar-refractivity contribution in [2.24, 2.45) is 5.92 Å². The highest BCUT2D eigenvalue weighted by molar-refractivity contribution is 7.07. The van der Waals surface area contributed by atoms with Crippen LogP contribution in [-0.4, -0.2) is 51.5 Å². The summed E-state index contributed by atoms with van der Waals surface area (Å²) in [5.41, 5.74) is 4.74. The molecule has 2 aromatic heterocycles. The molecule has 0 saturated carbocycles. The second kappa shape index (κ2) is 7.56. The van der Waals surface area contributed by atoms with Crippen molar-refractivity contribution >= 4 is 11.3 Å². The van der Waals surface area contributed by atoms with Gasteiger partial charge < -0.3 is 4.57 Å². The summed E-state index contributed by atoms with van der Waals surface area (Å²) in [6, 6.07) is 3.94. The van der Waals surface area contributed by atoms with Crippen LogP contribution >= 0.6 is 11.3 Å². The van der Waals surface area contributed by atoms with Crippen molar-refractivity contribution < 1.29 is 8.78 Å². The lowest BCUT2D eigenvalue weighted by Crippen LogP contribution is -2.48. The molecule has 2 saturated heterocycles. The van der Waals surface area contributed by atoms with Crippen LogP contribution in [0.2, 0.25) is 0 Å². The quantitative estimate of drug-likeness (QED) is 0.762. The van der Waals surface area contributed by atoms with Crippen LogP contribution in [0.1, 0.15) is 42.1 Å². The van der Waals surface area contributed by atoms with E-state index in [0.29, 0.717) is 36.9 Å². The van der Waals surface area contributed by atoms with Crippen molar-refractivity contribution in [1.29, 1.82) is 0 Å². The second-order valence-corrected chi connectivity index (χ2v) is 9.56. The van der Waals surface area contributed by atoms with E-state index in [-0.39, 0.29) is 18.5 Å². The van der Waals surface area contributed by atoms with Crippen molar-refractivity contribution in [3.05, 3.63) is 50.3 Å². The normalized spacial score (nSPS) is 27.0. The average Bonchev–Trinajstić information content (AvgIpc) is 3.17. The molecule has 3 aliphatic rings. The van der Waals surface area contributed by atoms with E-state index < -0.39 is 5.92 Å². The van der Waals surface area contributed by atoms with E-state index in [0.717, 1.165) is 44.0 Å². The van der Waals surface area contributed by atoms with E-state index in [1.54, 1.807) is 16.2 Å². The molecule has 5 heterocycles. The minimum absolute atomic E-state index is 0.0130. The number of pyridine rings is 1. The number of piperidine rings is 2. The van der Waals surface area contributed by atoms with Crippen LogP contribution in [-0.2, 0) is 19.6 Å². The number of halogens is 2. The first-order chi connectivity index (χ1) is 14.0. The molecule has 2 aromatic rings. The molecular formula is C21H26F2N4OS. The third-order valence-electron chi connectivity index (χ3n) is 6.49. The smallest absolute Gasteiger partial charge is 0.260 e. The predicted octanol–water partition coefficient (Wildman–Crippen LogP) is 3.16. The first kappa shape index (κ1) is 19.3. The zero-order valence-electron chi connectivity index (χ0n) is 16.4. The maximum Gasteiger partial charge on any atom is 0.260 e. The highest BCUT2D eigenvalue weighted by atomic mass is 32.1. The molecule has 29 heavy (non-hydrogen) atoms. The molecule has 0 spiro atoms. The molecule has 8 heteroatoms. The van der Waals surface area contributed by atoms with Gasteiger partial charge in [-0.25, -0.2) is 13.8 Å². The summed E-state index contributed by atoms with van der Waals surface area (Å²) in [6.45, 7) is 4.20. The Bertz CT molecular complexity index is 929. The largest absolute Gasteiger partial charge is 0.312 e. The number of hydrogen-bond donors (Lipinski definition) is 0. The number of fused-ring (bicyclic) bond motifs is 4. The molecule has 2 bridgehead atoms. The van der Waals surface area contributed by atoms with Gasteiger partial charge in [0.2, 0.25) is 0 Å². The average molecular weight is 421 g/mol. The number of likely N-dealkylation sites (tertiary alicyclic amines) is 2. The molecule has 0 radical (unpaired) electrons. The van der Waals surface area contributed by atoms with E-state index in [9.17, 15) is 13.6 Å². The van der Waals surface area contributed by atoms with Crippen LogP contribution in [0.15, 0.2) is 27.8 Å². The Morgan fingerprint density at radius 3 is 2.86 bits per heavy atom. The van der Waals surface area contributed by atoms with E-state index in [4.69, 9.17) is 0 Å². The second-order valence-electron chi connectivity index (χ2n) is 8.84. The molecule has 2 atom stereocenters. The minimum Gasteiger partial charge on any atom is -0.312 e. The van der Waals surface area contributed by atoms with Crippen molar-refractivity contribution in [3.63, 3.8) is 0 Å². The molecule has 0 N–H and O–H groups in total. The van der Waals surface area contributed by atoms with Gasteiger partial charge >= 0.3 is 0 Å². The maximum absolute atomic E-state index is 13.7. The summed E-state index contributed by atoms with van der Waals surface area (Å²) in [5.74, 6) is -1.84. The van der Waals surface area contributed by atoms with Crippen LogP contribution in [0.5, 0.6) is 0 Å². The molecule has 2 fully saturated rings. The monoisotopic (exact) mass is 420 g/mol. The molecule has 0 aromatic carbocycles. The molecule has 156 valence electrons. The standard InChI is InChI=1S/C21H26F2N4OS/c22-21(23)4-1-5-25(13-21)9-16-2-3-19-17-6-15(8-27(19)20(16)28)7-26(10-17)11-18-12-29-14-24-18/h2-3,12,14-15,17H,1,4-11,13H2/t15-,17+/m0/s1. The highest BCUT2D eigenvalue weighted by Gasteiger charge is 2.37. The SMILES string of the molecule is O=c1c(CN2CCCC(F)(F)C2)ccc2n1C[C@H]1C[C@@H]2CN(Cc2cscn2)C1. The molecule has 0 unspecified atom stereocenters. The van der Waals surface area contributed by atoms with Gasteiger partial charge in [-0.1, -0.05) is 6.07 Å². The Morgan fingerprint density at radius 2 is 2.07 bits per heavy atom. The summed E-state index contributed by atoms with van der Waals surface area (Å²) in [5, 5.41) is 2.10. The van der Waals surface area contributed by atoms with Crippen molar-refractivity contribution in [3.8, 4) is 0 Å². The number of alkyl halides is 2. The fraction of sp³-hybridized carbons (Fsp3) is 0.619. The maximum atomic E-state index is 13.7. The Morgan fingerprint density at radius 1 is 1.17 bits per heavy atom. The van der Waals surface area contributed by atoms with Gasteiger partial charge in [0.15, 0.2) is 0 Å². The van der Waals surface area contributed by atoms with Crippen LogP contribution in [0.25, 0.3) is 0 Å². The van der Waals surface area contributed by atoms with E-state index in [2.05, 4.69) is 21.3 Å². The van der Waals surface area contributed by atoms with Gasteiger partial charge in [-0.05, 0) is 31.4 Å². The number of nitrogens with zero attached hydrogens (tertiary/aromatic N) is 4. The number of aromatic nitrogens is 2. The first-order valence-corrected chi connectivity index (χ1v) is 11.3. The lowest BCUT2D eigenvalue weighted by molar-refractivity contribution is -0.0662. The lowest BCUT2D eigenvalue weighted by Gasteiger charge is -2.43. The third-order valence-corrected chi connectivity index (χ3v) is 7.13. The van der Waals surface area contributed by atoms with Gasteiger partial charge in [-0.15, -0.1) is 11.3 Å². The van der Waals surface area contributed by atoms with Crippen molar-refractivity contribution in [2.45, 2.75) is 50.7 Å². The first-order valence-electron chi connectivity index (χ1n) is 10.4. The summed E-state index contributed by atoms with van der Waals surface area (Å²) in [6.07, 6.45) is 1.55. The van der Waals surface area contributed by atoms with E-state index in [1.807, 2.05) is 16.1 Å². The summed E-state index contributed by atoms with van der Waals surface area (Å²) >= 11 is 1.62. The van der Waals surface area contributed by atoms with Crippen LogP contribution in [0, 0.1) is 5.92 Å². The third kappa shape index (κ3) is 4.02. The van der Waals surface area contributed by atoms with Crippen LogP contribution in [0.3, 0.4) is 0 Å². The molecule has 0 amide bonds. The molecule has 0 aliphatic carbocycles. The zero-order chi connectivity index (χ0) is 20.0. The van der Waals surface area contributed by atoms with Gasteiger partial charge in [-0.3, -0.25) is 14.6 Å². The Balaban J connectivity index is 1.34. The van der Waals surface area contributed by atoms with Gasteiger partial charge in [0.1, 0.15) is 0 Å². The summed E-state index contributed by atoms with van der Waals surface area (Å²) in [4.78, 5) is 21.7. The van der Waals surface area contributed by atoms with Gasteiger partial charge in [0.05, 0.1) is 17.7 Å². The minimum atomic E-state index is -2.64. The molecular weight excluding hydrogens is 394 g/mol. The van der Waals surface area contributed by atoms with Gasteiger partial charge in [0.25, 0.3) is 11.5 Å². The van der Waals surface area contributed by atoms with E-state index in [1.165, 1.54) is 0 Å². The Kier molecular flexibility index (Phi) is 5.04. The fourth-order valence-corrected chi connectivity index (χ4v) is 5.86. The fourth-order valence-electron chi connectivity index (χ4n) is 5.31. The van der Waals surface area contributed by atoms with Crippen LogP contribution in [0.4, 0.5) is 8.78 Å². The van der Waals surface area contributed by atoms with E-state index >= 15 is 0 Å².